The number of unbranched alkanes of at least 4 members (excludes halogenated alkanes) is 1. The van der Waals surface area contributed by atoms with Crippen LogP contribution in [0.4, 0.5) is 0 Å². The van der Waals surface area contributed by atoms with Crippen molar-refractivity contribution in [3.63, 3.8) is 0 Å². The summed E-state index contributed by atoms with van der Waals surface area (Å²) in [5.41, 5.74) is 6.21. The highest BCUT2D eigenvalue weighted by molar-refractivity contribution is 7.99. The van der Waals surface area contributed by atoms with Crippen molar-refractivity contribution in [3.05, 3.63) is 11.8 Å². The number of carbonyl (C=O) groups is 1. The first-order valence-electron chi connectivity index (χ1n) is 5.91. The van der Waals surface area contributed by atoms with Crippen LogP contribution in [0.15, 0.2) is 11.8 Å². The predicted octanol–water partition coefficient (Wildman–Crippen LogP) is 2.71. The number of esters is 1. The number of ether oxygens (including phenoxy) is 1. The summed E-state index contributed by atoms with van der Waals surface area (Å²) in [4.78, 5) is 11.2. The topological polar surface area (TPSA) is 52.3 Å². The van der Waals surface area contributed by atoms with Crippen LogP contribution >= 0.6 is 11.8 Å². The van der Waals surface area contributed by atoms with Crippen LogP contribution in [0.5, 0.6) is 0 Å². The number of rotatable bonds is 9. The fraction of sp³-hybridized carbons (Fsp3) is 0.750. The van der Waals surface area contributed by atoms with Gasteiger partial charge in [-0.25, -0.2) is 4.79 Å². The molecule has 0 atom stereocenters. The molecule has 0 unspecified atom stereocenters. The first kappa shape index (κ1) is 15.4. The maximum absolute atomic E-state index is 11.2. The maximum atomic E-state index is 11.2. The van der Waals surface area contributed by atoms with Gasteiger partial charge in [-0.1, -0.05) is 26.7 Å². The summed E-state index contributed by atoms with van der Waals surface area (Å²) in [7, 11) is 0. The number of hydrogen-bond acceptors (Lipinski definition) is 4. The molecule has 0 heterocycles. The Morgan fingerprint density at radius 2 is 2.06 bits per heavy atom. The zero-order valence-corrected chi connectivity index (χ0v) is 11.1. The van der Waals surface area contributed by atoms with E-state index in [2.05, 4.69) is 6.92 Å². The van der Waals surface area contributed by atoms with Gasteiger partial charge in [-0.15, -0.1) is 0 Å². The fourth-order valence-electron chi connectivity index (χ4n) is 1.10. The van der Waals surface area contributed by atoms with Gasteiger partial charge in [0.1, 0.15) is 6.61 Å². The zero-order valence-electron chi connectivity index (χ0n) is 10.3. The van der Waals surface area contributed by atoms with Crippen molar-refractivity contribution in [2.24, 2.45) is 5.73 Å². The maximum Gasteiger partial charge on any atom is 0.332 e. The van der Waals surface area contributed by atoms with Crippen molar-refractivity contribution >= 4 is 17.7 Å². The summed E-state index contributed by atoms with van der Waals surface area (Å²) < 4.78 is 5.02. The molecule has 0 spiro atoms. The van der Waals surface area contributed by atoms with Crippen molar-refractivity contribution in [2.45, 2.75) is 39.5 Å². The van der Waals surface area contributed by atoms with E-state index in [1.165, 1.54) is 18.9 Å². The van der Waals surface area contributed by atoms with E-state index >= 15 is 0 Å². The van der Waals surface area contributed by atoms with Crippen molar-refractivity contribution in [2.75, 3.05) is 18.1 Å². The number of hydrogen-bond donors (Lipinski definition) is 1. The predicted molar refractivity (Wildman–Crippen MR) is 70.4 cm³/mol. The lowest BCUT2D eigenvalue weighted by Crippen LogP contribution is -2.08. The minimum absolute atomic E-state index is 0.318. The summed E-state index contributed by atoms with van der Waals surface area (Å²) in [6.07, 6.45) is 5.52. The highest BCUT2D eigenvalue weighted by Gasteiger charge is 1.99. The zero-order chi connectivity index (χ0) is 12.2. The molecule has 0 aliphatic carbocycles. The third-order valence-electron chi connectivity index (χ3n) is 1.96. The highest BCUT2D eigenvalue weighted by Crippen LogP contribution is 2.04. The molecular formula is C12H23NO2S. The van der Waals surface area contributed by atoms with Crippen molar-refractivity contribution in [1.29, 1.82) is 0 Å². The van der Waals surface area contributed by atoms with Crippen LogP contribution in [0, 0.1) is 0 Å². The van der Waals surface area contributed by atoms with E-state index in [1.54, 1.807) is 0 Å². The second kappa shape index (κ2) is 10.9. The third kappa shape index (κ3) is 9.90. The van der Waals surface area contributed by atoms with Crippen LogP contribution in [0.25, 0.3) is 0 Å². The van der Waals surface area contributed by atoms with Crippen LogP contribution in [0.1, 0.15) is 39.5 Å². The quantitative estimate of drug-likeness (QED) is 0.385. The van der Waals surface area contributed by atoms with Crippen LogP contribution in [0.2, 0.25) is 0 Å². The van der Waals surface area contributed by atoms with Gasteiger partial charge in [0.2, 0.25) is 0 Å². The van der Waals surface area contributed by atoms with Crippen molar-refractivity contribution < 1.29 is 9.53 Å². The molecular weight excluding hydrogens is 222 g/mol. The normalized spacial score (nSPS) is 11.5. The number of allylic oxidation sites excluding steroid dienone is 1. The lowest BCUT2D eigenvalue weighted by Gasteiger charge is -2.03. The van der Waals surface area contributed by atoms with Gasteiger partial charge in [0.05, 0.1) is 0 Å². The van der Waals surface area contributed by atoms with E-state index in [4.69, 9.17) is 10.5 Å². The van der Waals surface area contributed by atoms with Gasteiger partial charge >= 0.3 is 5.97 Å². The Kier molecular flexibility index (Phi) is 10.4. The largest absolute Gasteiger partial charge is 0.462 e. The first-order chi connectivity index (χ1) is 7.70. The SMILES string of the molecule is CCCCSCCOC(=O)C=C(N)CCC. The molecule has 0 aromatic rings. The molecule has 3 nitrogen and oxygen atoms in total. The van der Waals surface area contributed by atoms with Gasteiger partial charge in [-0.3, -0.25) is 0 Å². The summed E-state index contributed by atoms with van der Waals surface area (Å²) in [6.45, 7) is 4.67. The Morgan fingerprint density at radius 3 is 2.69 bits per heavy atom. The van der Waals surface area contributed by atoms with Crippen LogP contribution in [-0.2, 0) is 9.53 Å². The second-order valence-electron chi connectivity index (χ2n) is 3.60. The fourth-order valence-corrected chi connectivity index (χ4v) is 2.00. The van der Waals surface area contributed by atoms with Gasteiger partial charge in [-0.05, 0) is 18.6 Å². The molecule has 0 aromatic heterocycles. The molecule has 4 heteroatoms. The first-order valence-corrected chi connectivity index (χ1v) is 7.06. The van der Waals surface area contributed by atoms with Gasteiger partial charge < -0.3 is 10.5 Å². The number of thioether (sulfide) groups is 1. The molecule has 0 bridgehead atoms. The van der Waals surface area contributed by atoms with Crippen LogP contribution in [0.3, 0.4) is 0 Å². The minimum atomic E-state index is -0.318. The molecule has 0 saturated carbocycles. The average molecular weight is 245 g/mol. The summed E-state index contributed by atoms with van der Waals surface area (Å²) in [6, 6.07) is 0. The third-order valence-corrected chi connectivity index (χ3v) is 2.99. The van der Waals surface area contributed by atoms with E-state index in [9.17, 15) is 4.79 Å². The summed E-state index contributed by atoms with van der Waals surface area (Å²) in [5, 5.41) is 0. The minimum Gasteiger partial charge on any atom is -0.462 e. The smallest absolute Gasteiger partial charge is 0.332 e. The Morgan fingerprint density at radius 1 is 1.31 bits per heavy atom. The molecule has 0 radical (unpaired) electrons. The van der Waals surface area contributed by atoms with Crippen LogP contribution < -0.4 is 5.73 Å². The molecule has 0 aliphatic heterocycles. The lowest BCUT2D eigenvalue weighted by atomic mass is 10.2. The molecule has 2 N–H and O–H groups in total. The average Bonchev–Trinajstić information content (AvgIpc) is 2.23. The number of carbonyl (C=O) groups excluding carboxylic acids is 1. The Bertz CT molecular complexity index is 217. The lowest BCUT2D eigenvalue weighted by molar-refractivity contribution is -0.137. The monoisotopic (exact) mass is 245 g/mol. The molecule has 0 rings (SSSR count). The molecule has 94 valence electrons. The molecule has 16 heavy (non-hydrogen) atoms. The van der Waals surface area contributed by atoms with E-state index in [0.29, 0.717) is 12.3 Å². The molecule has 0 saturated heterocycles. The van der Waals surface area contributed by atoms with Gasteiger partial charge in [-0.2, -0.15) is 11.8 Å². The van der Waals surface area contributed by atoms with Gasteiger partial charge in [0.15, 0.2) is 0 Å². The molecule has 0 aliphatic rings. The van der Waals surface area contributed by atoms with E-state index in [1.807, 2.05) is 18.7 Å². The van der Waals surface area contributed by atoms with Crippen molar-refractivity contribution in [1.82, 2.24) is 0 Å². The van der Waals surface area contributed by atoms with Crippen LogP contribution in [-0.4, -0.2) is 24.1 Å². The molecule has 0 aromatic carbocycles. The summed E-state index contributed by atoms with van der Waals surface area (Å²) in [5.74, 6) is 1.69. The van der Waals surface area contributed by atoms with Crippen molar-refractivity contribution in [3.8, 4) is 0 Å². The van der Waals surface area contributed by atoms with E-state index in [0.717, 1.165) is 24.3 Å². The standard InChI is InChI=1S/C12H23NO2S/c1-3-5-8-16-9-7-15-12(14)10-11(13)6-4-2/h10H,3-9,13H2,1-2H3. The van der Waals surface area contributed by atoms with E-state index in [-0.39, 0.29) is 5.97 Å². The van der Waals surface area contributed by atoms with Gasteiger partial charge in [0, 0.05) is 17.5 Å². The highest BCUT2D eigenvalue weighted by atomic mass is 32.2. The second-order valence-corrected chi connectivity index (χ2v) is 4.83. The Balaban J connectivity index is 3.47. The van der Waals surface area contributed by atoms with E-state index < -0.39 is 0 Å². The molecule has 0 amide bonds. The molecule has 0 fully saturated rings. The van der Waals surface area contributed by atoms with Gasteiger partial charge in [0.25, 0.3) is 0 Å². The Labute approximate surface area is 103 Å². The number of nitrogens with two attached hydrogens (primary N) is 1. The summed E-state index contributed by atoms with van der Waals surface area (Å²) >= 11 is 1.82. The Hall–Kier alpha value is -0.640.